The molecule has 0 aliphatic heterocycles. The van der Waals surface area contributed by atoms with Crippen LogP contribution in [0, 0.1) is 13.8 Å². The van der Waals surface area contributed by atoms with Gasteiger partial charge in [0.1, 0.15) is 5.82 Å². The molecule has 0 unspecified atom stereocenters. The zero-order valence-electron chi connectivity index (χ0n) is 9.15. The topological polar surface area (TPSA) is 41.4 Å². The first kappa shape index (κ1) is 10.6. The summed E-state index contributed by atoms with van der Waals surface area (Å²) in [5.41, 5.74) is 2.09. The molecule has 0 N–H and O–H groups in total. The lowest BCUT2D eigenvalue weighted by atomic mass is 10.2. The monoisotopic (exact) mass is 192 g/mol. The van der Waals surface area contributed by atoms with Gasteiger partial charge >= 0.3 is 0 Å². The van der Waals surface area contributed by atoms with E-state index in [0.29, 0.717) is 6.54 Å². The quantitative estimate of drug-likeness (QED) is 0.533. The van der Waals surface area contributed by atoms with Gasteiger partial charge in [-0.15, -0.1) is 0 Å². The molecule has 1 aromatic rings. The SMILES string of the molecule is Cc1ncc(CN=CN(C)C)c(C)n1. The summed E-state index contributed by atoms with van der Waals surface area (Å²) in [6, 6.07) is 0. The second-order valence-electron chi connectivity index (χ2n) is 3.45. The van der Waals surface area contributed by atoms with Gasteiger partial charge in [-0.05, 0) is 13.8 Å². The number of aliphatic imine (C=N–C) groups is 1. The molecule has 1 heterocycles. The number of aromatic nitrogens is 2. The van der Waals surface area contributed by atoms with Crippen molar-refractivity contribution in [1.29, 1.82) is 0 Å². The maximum absolute atomic E-state index is 4.27. The summed E-state index contributed by atoms with van der Waals surface area (Å²) in [5, 5.41) is 0. The van der Waals surface area contributed by atoms with Crippen LogP contribution in [0.15, 0.2) is 11.2 Å². The van der Waals surface area contributed by atoms with Gasteiger partial charge in [-0.3, -0.25) is 4.99 Å². The second-order valence-corrected chi connectivity index (χ2v) is 3.45. The minimum Gasteiger partial charge on any atom is -0.369 e. The Hall–Kier alpha value is -1.45. The summed E-state index contributed by atoms with van der Waals surface area (Å²) in [7, 11) is 3.89. The van der Waals surface area contributed by atoms with Gasteiger partial charge in [-0.25, -0.2) is 9.97 Å². The fraction of sp³-hybridized carbons (Fsp3) is 0.500. The van der Waals surface area contributed by atoms with E-state index in [1.165, 1.54) is 0 Å². The summed E-state index contributed by atoms with van der Waals surface area (Å²) >= 11 is 0. The lowest BCUT2D eigenvalue weighted by Crippen LogP contribution is -2.08. The van der Waals surface area contributed by atoms with Crippen molar-refractivity contribution in [2.75, 3.05) is 14.1 Å². The molecule has 0 fully saturated rings. The molecule has 14 heavy (non-hydrogen) atoms. The third kappa shape index (κ3) is 3.12. The predicted octanol–water partition coefficient (Wildman–Crippen LogP) is 1.18. The van der Waals surface area contributed by atoms with Crippen LogP contribution in [0.4, 0.5) is 0 Å². The standard InChI is InChI=1S/C10H16N4/c1-8-10(5-11-7-14(3)4)6-12-9(2)13-8/h6-7H,5H2,1-4H3. The van der Waals surface area contributed by atoms with Crippen LogP contribution in [0.3, 0.4) is 0 Å². The van der Waals surface area contributed by atoms with Crippen molar-refractivity contribution in [2.24, 2.45) is 4.99 Å². The predicted molar refractivity (Wildman–Crippen MR) is 57.4 cm³/mol. The first-order chi connectivity index (χ1) is 6.59. The summed E-state index contributed by atoms with van der Waals surface area (Å²) in [6.45, 7) is 4.51. The van der Waals surface area contributed by atoms with Gasteiger partial charge in [0.2, 0.25) is 0 Å². The molecule has 0 atom stereocenters. The van der Waals surface area contributed by atoms with Gasteiger partial charge < -0.3 is 4.90 Å². The highest BCUT2D eigenvalue weighted by molar-refractivity contribution is 5.53. The summed E-state index contributed by atoms with van der Waals surface area (Å²) < 4.78 is 0. The third-order valence-corrected chi connectivity index (χ3v) is 1.78. The lowest BCUT2D eigenvalue weighted by molar-refractivity contribution is 0.638. The first-order valence-corrected chi connectivity index (χ1v) is 4.55. The van der Waals surface area contributed by atoms with Crippen molar-refractivity contribution in [3.8, 4) is 0 Å². The van der Waals surface area contributed by atoms with E-state index in [1.807, 2.05) is 39.0 Å². The van der Waals surface area contributed by atoms with Crippen LogP contribution in [0.1, 0.15) is 17.1 Å². The van der Waals surface area contributed by atoms with E-state index in [9.17, 15) is 0 Å². The van der Waals surface area contributed by atoms with Crippen molar-refractivity contribution in [1.82, 2.24) is 14.9 Å². The summed E-state index contributed by atoms with van der Waals surface area (Å²) in [5.74, 6) is 0.808. The van der Waals surface area contributed by atoms with Crippen LogP contribution >= 0.6 is 0 Å². The Bertz CT molecular complexity index is 331. The Balaban J connectivity index is 2.68. The van der Waals surface area contributed by atoms with E-state index in [0.717, 1.165) is 17.1 Å². The van der Waals surface area contributed by atoms with Gasteiger partial charge in [0, 0.05) is 31.5 Å². The van der Waals surface area contributed by atoms with Crippen LogP contribution in [0.2, 0.25) is 0 Å². The molecular formula is C10H16N4. The average Bonchev–Trinajstić information content (AvgIpc) is 2.08. The van der Waals surface area contributed by atoms with Crippen LogP contribution < -0.4 is 0 Å². The highest BCUT2D eigenvalue weighted by Crippen LogP contribution is 2.04. The zero-order valence-corrected chi connectivity index (χ0v) is 9.15. The molecule has 76 valence electrons. The minimum atomic E-state index is 0.643. The van der Waals surface area contributed by atoms with Crippen LogP contribution in [0.5, 0.6) is 0 Å². The smallest absolute Gasteiger partial charge is 0.125 e. The molecule has 4 heteroatoms. The maximum atomic E-state index is 4.27. The molecule has 0 bridgehead atoms. The highest BCUT2D eigenvalue weighted by atomic mass is 15.1. The number of rotatable bonds is 3. The van der Waals surface area contributed by atoms with Gasteiger partial charge in [0.25, 0.3) is 0 Å². The first-order valence-electron chi connectivity index (χ1n) is 4.55. The summed E-state index contributed by atoms with van der Waals surface area (Å²) in [6.07, 6.45) is 3.63. The molecule has 0 saturated carbocycles. The molecular weight excluding hydrogens is 176 g/mol. The highest BCUT2D eigenvalue weighted by Gasteiger charge is 1.98. The van der Waals surface area contributed by atoms with Gasteiger partial charge in [0.15, 0.2) is 0 Å². The van der Waals surface area contributed by atoms with E-state index in [1.54, 1.807) is 6.34 Å². The number of aryl methyl sites for hydroxylation is 2. The number of hydrogen-bond donors (Lipinski definition) is 0. The normalized spacial score (nSPS) is 10.9. The maximum Gasteiger partial charge on any atom is 0.125 e. The fourth-order valence-corrected chi connectivity index (χ4v) is 1.07. The van der Waals surface area contributed by atoms with Gasteiger partial charge in [0.05, 0.1) is 12.9 Å². The van der Waals surface area contributed by atoms with Crippen molar-refractivity contribution in [3.05, 3.63) is 23.3 Å². The summed E-state index contributed by atoms with van der Waals surface area (Å²) in [4.78, 5) is 14.6. The van der Waals surface area contributed by atoms with E-state index in [2.05, 4.69) is 15.0 Å². The van der Waals surface area contributed by atoms with Crippen LogP contribution in [0.25, 0.3) is 0 Å². The largest absolute Gasteiger partial charge is 0.369 e. The van der Waals surface area contributed by atoms with Crippen LogP contribution in [-0.2, 0) is 6.54 Å². The molecule has 1 rings (SSSR count). The van der Waals surface area contributed by atoms with Crippen molar-refractivity contribution < 1.29 is 0 Å². The molecule has 0 aliphatic carbocycles. The molecule has 0 spiro atoms. The lowest BCUT2D eigenvalue weighted by Gasteiger charge is -2.04. The molecule has 4 nitrogen and oxygen atoms in total. The zero-order chi connectivity index (χ0) is 10.6. The molecule has 0 aliphatic rings. The van der Waals surface area contributed by atoms with Crippen LogP contribution in [-0.4, -0.2) is 35.3 Å². The Morgan fingerprint density at radius 3 is 2.71 bits per heavy atom. The molecule has 0 radical (unpaired) electrons. The minimum absolute atomic E-state index is 0.643. The Morgan fingerprint density at radius 2 is 2.14 bits per heavy atom. The number of nitrogens with zero attached hydrogens (tertiary/aromatic N) is 4. The molecule has 1 aromatic heterocycles. The second kappa shape index (κ2) is 4.69. The van der Waals surface area contributed by atoms with Gasteiger partial charge in [-0.2, -0.15) is 0 Å². The van der Waals surface area contributed by atoms with Crippen molar-refractivity contribution in [3.63, 3.8) is 0 Å². The Morgan fingerprint density at radius 1 is 1.43 bits per heavy atom. The molecule has 0 saturated heterocycles. The molecule has 0 amide bonds. The van der Waals surface area contributed by atoms with Crippen molar-refractivity contribution in [2.45, 2.75) is 20.4 Å². The van der Waals surface area contributed by atoms with E-state index in [4.69, 9.17) is 0 Å². The average molecular weight is 192 g/mol. The van der Waals surface area contributed by atoms with Gasteiger partial charge in [-0.1, -0.05) is 0 Å². The van der Waals surface area contributed by atoms with Crippen molar-refractivity contribution >= 4 is 6.34 Å². The number of hydrogen-bond acceptors (Lipinski definition) is 3. The van der Waals surface area contributed by atoms with E-state index in [-0.39, 0.29) is 0 Å². The third-order valence-electron chi connectivity index (χ3n) is 1.78. The Labute approximate surface area is 84.7 Å². The van der Waals surface area contributed by atoms with E-state index < -0.39 is 0 Å². The van der Waals surface area contributed by atoms with E-state index >= 15 is 0 Å². The molecule has 0 aromatic carbocycles. The fourth-order valence-electron chi connectivity index (χ4n) is 1.07. The Kier molecular flexibility index (Phi) is 3.56.